The Labute approximate surface area is 192 Å². The molecule has 2 aromatic rings. The number of aliphatic hydroxyl groups excluding tert-OH is 1. The van der Waals surface area contributed by atoms with Crippen LogP contribution in [0.25, 0.3) is 0 Å². The van der Waals surface area contributed by atoms with Gasteiger partial charge in [0.05, 0.1) is 11.4 Å². The van der Waals surface area contributed by atoms with E-state index in [-0.39, 0.29) is 18.4 Å². The summed E-state index contributed by atoms with van der Waals surface area (Å²) in [5, 5.41) is 13.7. The zero-order valence-corrected chi connectivity index (χ0v) is 18.9. The lowest BCUT2D eigenvalue weighted by atomic mass is 9.99. The van der Waals surface area contributed by atoms with Crippen molar-refractivity contribution in [3.8, 4) is 0 Å². The van der Waals surface area contributed by atoms with Gasteiger partial charge in [-0.2, -0.15) is 0 Å². The number of fused-ring (bicyclic) bond motifs is 1. The molecule has 6 nitrogen and oxygen atoms in total. The number of aliphatic hydroxyl groups is 1. The van der Waals surface area contributed by atoms with Gasteiger partial charge in [0.15, 0.2) is 5.11 Å². The van der Waals surface area contributed by atoms with Crippen molar-refractivity contribution >= 4 is 46.2 Å². The molecule has 0 radical (unpaired) electrons. The summed E-state index contributed by atoms with van der Waals surface area (Å²) in [5.41, 5.74) is 3.11. The minimum Gasteiger partial charge on any atom is -0.396 e. The van der Waals surface area contributed by atoms with Crippen molar-refractivity contribution in [2.24, 2.45) is 10.9 Å². The summed E-state index contributed by atoms with van der Waals surface area (Å²) in [6, 6.07) is 15.2. The number of halogens is 1. The molecule has 8 heteroatoms. The van der Waals surface area contributed by atoms with Crippen molar-refractivity contribution < 1.29 is 9.90 Å². The number of piperidine rings is 1. The van der Waals surface area contributed by atoms with Gasteiger partial charge < -0.3 is 20.2 Å². The first-order chi connectivity index (χ1) is 15.0. The molecule has 2 aliphatic heterocycles. The summed E-state index contributed by atoms with van der Waals surface area (Å²) in [6.45, 7) is 1.60. The number of carbonyl (C=O) groups excluding carboxylic acids is 1. The highest BCUT2D eigenvalue weighted by molar-refractivity contribution is 7.80. The van der Waals surface area contributed by atoms with Crippen molar-refractivity contribution in [3.05, 3.63) is 64.7 Å². The van der Waals surface area contributed by atoms with E-state index in [0.29, 0.717) is 22.4 Å². The van der Waals surface area contributed by atoms with Gasteiger partial charge in [-0.05, 0) is 49.2 Å². The molecule has 4 rings (SSSR count). The fraction of sp³-hybridized carbons (Fsp3) is 0.348. The second kappa shape index (κ2) is 9.34. The molecule has 2 N–H and O–H groups in total. The van der Waals surface area contributed by atoms with Gasteiger partial charge in [0.2, 0.25) is 6.17 Å². The first kappa shape index (κ1) is 21.7. The largest absolute Gasteiger partial charge is 0.396 e. The SMILES string of the molecule is CN1C(=O)C(NC(=S)N2CCCC(CO)C2)N=C(c2ccccc2)c2cc(Cl)ccc21. The molecule has 0 spiro atoms. The normalized spacial score (nSPS) is 21.3. The number of hydrogen-bond acceptors (Lipinski definition) is 4. The van der Waals surface area contributed by atoms with Gasteiger partial charge in [-0.25, -0.2) is 4.99 Å². The highest BCUT2D eigenvalue weighted by Crippen LogP contribution is 2.30. The lowest BCUT2D eigenvalue weighted by molar-refractivity contribution is -0.119. The molecule has 0 aromatic heterocycles. The number of likely N-dealkylation sites (N-methyl/N-ethyl adjacent to an activating group) is 1. The molecule has 162 valence electrons. The van der Waals surface area contributed by atoms with Crippen LogP contribution in [0.3, 0.4) is 0 Å². The molecule has 1 saturated heterocycles. The molecule has 2 aromatic carbocycles. The summed E-state index contributed by atoms with van der Waals surface area (Å²) in [5.74, 6) is -0.0108. The van der Waals surface area contributed by atoms with E-state index in [1.54, 1.807) is 18.0 Å². The number of nitrogens with one attached hydrogen (secondary N) is 1. The second-order valence-electron chi connectivity index (χ2n) is 7.89. The number of anilines is 1. The van der Waals surface area contributed by atoms with Gasteiger partial charge in [-0.3, -0.25) is 4.79 Å². The van der Waals surface area contributed by atoms with Gasteiger partial charge >= 0.3 is 0 Å². The number of amides is 1. The highest BCUT2D eigenvalue weighted by Gasteiger charge is 2.32. The minimum absolute atomic E-state index is 0.136. The predicted octanol–water partition coefficient (Wildman–Crippen LogP) is 3.06. The molecule has 1 amide bonds. The van der Waals surface area contributed by atoms with E-state index in [9.17, 15) is 9.90 Å². The zero-order valence-electron chi connectivity index (χ0n) is 17.3. The average Bonchev–Trinajstić information content (AvgIpc) is 2.90. The quantitative estimate of drug-likeness (QED) is 0.695. The van der Waals surface area contributed by atoms with E-state index >= 15 is 0 Å². The number of benzene rings is 2. The first-order valence-electron chi connectivity index (χ1n) is 10.3. The number of nitrogens with zero attached hydrogens (tertiary/aromatic N) is 3. The molecule has 2 aliphatic rings. The van der Waals surface area contributed by atoms with Gasteiger partial charge in [0, 0.05) is 42.9 Å². The summed E-state index contributed by atoms with van der Waals surface area (Å²) < 4.78 is 0. The Balaban J connectivity index is 1.70. The van der Waals surface area contributed by atoms with E-state index in [4.69, 9.17) is 28.8 Å². The standard InChI is InChI=1S/C23H25ClN4O2S/c1-27-19-10-9-17(24)12-18(19)20(16-7-3-2-4-8-16)25-21(22(27)30)26-23(31)28-11-5-6-15(13-28)14-29/h2-4,7-10,12,15,21,29H,5-6,11,13-14H2,1H3,(H,26,31). The maximum atomic E-state index is 13.3. The third kappa shape index (κ3) is 4.59. The molecule has 2 unspecified atom stereocenters. The van der Waals surface area contributed by atoms with Crippen molar-refractivity contribution in [1.82, 2.24) is 10.2 Å². The summed E-state index contributed by atoms with van der Waals surface area (Å²) in [7, 11) is 1.74. The number of likely N-dealkylation sites (tertiary alicyclic amines) is 1. The zero-order chi connectivity index (χ0) is 22.0. The number of thiocarbonyl (C=S) groups is 1. The van der Waals surface area contributed by atoms with Crippen LogP contribution in [0.4, 0.5) is 5.69 Å². The Kier molecular flexibility index (Phi) is 6.55. The van der Waals surface area contributed by atoms with Crippen molar-refractivity contribution in [3.63, 3.8) is 0 Å². The minimum atomic E-state index is -0.867. The van der Waals surface area contributed by atoms with Crippen LogP contribution in [0.15, 0.2) is 53.5 Å². The van der Waals surface area contributed by atoms with E-state index in [1.165, 1.54) is 0 Å². The smallest absolute Gasteiger partial charge is 0.272 e. The second-order valence-corrected chi connectivity index (χ2v) is 8.71. The molecule has 0 aliphatic carbocycles. The molecule has 1 fully saturated rings. The Hall–Kier alpha value is -2.48. The third-order valence-corrected chi connectivity index (χ3v) is 6.38. The number of hydrogen-bond donors (Lipinski definition) is 2. The van der Waals surface area contributed by atoms with Gasteiger partial charge in [0.1, 0.15) is 0 Å². The molecule has 0 bridgehead atoms. The van der Waals surface area contributed by atoms with Crippen LogP contribution in [-0.2, 0) is 4.79 Å². The van der Waals surface area contributed by atoms with E-state index in [2.05, 4.69) is 5.32 Å². The first-order valence-corrected chi connectivity index (χ1v) is 11.1. The van der Waals surface area contributed by atoms with Gasteiger partial charge in [-0.15, -0.1) is 0 Å². The Bertz CT molecular complexity index is 1010. The van der Waals surface area contributed by atoms with Crippen LogP contribution >= 0.6 is 23.8 Å². The van der Waals surface area contributed by atoms with Crippen LogP contribution in [-0.4, -0.2) is 59.6 Å². The van der Waals surface area contributed by atoms with Crippen LogP contribution < -0.4 is 10.2 Å². The lowest BCUT2D eigenvalue weighted by Gasteiger charge is -2.34. The van der Waals surface area contributed by atoms with Crippen LogP contribution in [0.1, 0.15) is 24.0 Å². The maximum absolute atomic E-state index is 13.3. The number of rotatable bonds is 3. The molecular formula is C23H25ClN4O2S. The monoisotopic (exact) mass is 456 g/mol. The number of benzodiazepines with no additional fused rings is 1. The molecule has 0 saturated carbocycles. The summed E-state index contributed by atoms with van der Waals surface area (Å²) >= 11 is 11.9. The van der Waals surface area contributed by atoms with Gasteiger partial charge in [-0.1, -0.05) is 41.9 Å². The van der Waals surface area contributed by atoms with Crippen LogP contribution in [0, 0.1) is 5.92 Å². The van der Waals surface area contributed by atoms with E-state index in [0.717, 1.165) is 36.2 Å². The van der Waals surface area contributed by atoms with E-state index < -0.39 is 6.17 Å². The topological polar surface area (TPSA) is 68.2 Å². The average molecular weight is 457 g/mol. The van der Waals surface area contributed by atoms with E-state index in [1.807, 2.05) is 47.4 Å². The fourth-order valence-corrected chi connectivity index (χ4v) is 4.52. The summed E-state index contributed by atoms with van der Waals surface area (Å²) in [6.07, 6.45) is 1.06. The number of aliphatic imine (C=N–C) groups is 1. The van der Waals surface area contributed by atoms with Gasteiger partial charge in [0.25, 0.3) is 5.91 Å². The maximum Gasteiger partial charge on any atom is 0.272 e. The Morgan fingerprint density at radius 1 is 1.29 bits per heavy atom. The third-order valence-electron chi connectivity index (χ3n) is 5.77. The summed E-state index contributed by atoms with van der Waals surface area (Å²) in [4.78, 5) is 21.7. The Morgan fingerprint density at radius 2 is 2.06 bits per heavy atom. The predicted molar refractivity (Wildman–Crippen MR) is 128 cm³/mol. The number of carbonyl (C=O) groups is 1. The van der Waals surface area contributed by atoms with Crippen LogP contribution in [0.5, 0.6) is 0 Å². The fourth-order valence-electron chi connectivity index (χ4n) is 4.07. The molecule has 2 heterocycles. The molecule has 2 atom stereocenters. The lowest BCUT2D eigenvalue weighted by Crippen LogP contribution is -2.52. The van der Waals surface area contributed by atoms with Crippen molar-refractivity contribution in [2.45, 2.75) is 19.0 Å². The molecule has 31 heavy (non-hydrogen) atoms. The highest BCUT2D eigenvalue weighted by atomic mass is 35.5. The van der Waals surface area contributed by atoms with Crippen molar-refractivity contribution in [2.75, 3.05) is 31.6 Å². The molecular weight excluding hydrogens is 432 g/mol. The Morgan fingerprint density at radius 3 is 2.81 bits per heavy atom. The van der Waals surface area contributed by atoms with Crippen LogP contribution in [0.2, 0.25) is 5.02 Å². The van der Waals surface area contributed by atoms with Crippen molar-refractivity contribution in [1.29, 1.82) is 0 Å².